The Morgan fingerprint density at radius 3 is 1.08 bits per heavy atom. The Kier molecular flexibility index (Phi) is 13.9. The third-order valence-corrected chi connectivity index (χ3v) is 14.2. The van der Waals surface area contributed by atoms with Crippen LogP contribution in [0.1, 0.15) is 138 Å². The number of carbonyl (C=O) groups is 3. The standard InChI is InChI=1S/C57H75N3O6/c1-52(2)34-46(43(55(7,8)58-52)30-37-22-16-13-17-23-37)64-49(61)40-28-29-41(50(62)65-47-35-53(3,4)59-56(9,10)44(47)31-38-24-18-14-19-25-38)42(33-40)51(63)66-48-36-54(5,6)60-57(11,12)45(48)32-39-26-20-15-21-27-39/h13-27,30-32,40-42,46-48,58-60H,28-29,33-36H2,1-12H3. The number of hydrogen-bond acceptors (Lipinski definition) is 9. The largest absolute Gasteiger partial charge is 0.457 e. The lowest BCUT2D eigenvalue weighted by Gasteiger charge is -2.49. The van der Waals surface area contributed by atoms with Crippen LogP contribution in [-0.4, -0.2) is 69.5 Å². The molecule has 0 radical (unpaired) electrons. The number of carbonyl (C=O) groups excluding carboxylic acids is 3. The van der Waals surface area contributed by atoms with E-state index in [9.17, 15) is 9.59 Å². The van der Waals surface area contributed by atoms with Crippen molar-refractivity contribution in [1.82, 2.24) is 16.0 Å². The molecule has 3 aromatic rings. The Balaban J connectivity index is 1.21. The van der Waals surface area contributed by atoms with Gasteiger partial charge in [0.15, 0.2) is 0 Å². The molecular formula is C57H75N3O6. The molecule has 1 aliphatic carbocycles. The summed E-state index contributed by atoms with van der Waals surface area (Å²) in [5, 5.41) is 11.3. The molecule has 66 heavy (non-hydrogen) atoms. The summed E-state index contributed by atoms with van der Waals surface area (Å²) in [4.78, 5) is 44.7. The number of rotatable bonds is 9. The Bertz CT molecular complexity index is 2320. The lowest BCUT2D eigenvalue weighted by molar-refractivity contribution is -0.173. The molecule has 3 aliphatic heterocycles. The van der Waals surface area contributed by atoms with Crippen LogP contribution in [0.2, 0.25) is 0 Å². The average Bonchev–Trinajstić information content (AvgIpc) is 3.21. The van der Waals surface area contributed by atoms with E-state index in [1.54, 1.807) is 0 Å². The molecule has 0 bridgehead atoms. The number of hydrogen-bond donors (Lipinski definition) is 3. The Labute approximate surface area is 394 Å². The molecule has 9 nitrogen and oxygen atoms in total. The first-order valence-corrected chi connectivity index (χ1v) is 24.1. The third-order valence-electron chi connectivity index (χ3n) is 14.2. The maximum Gasteiger partial charge on any atom is 0.310 e. The second-order valence-corrected chi connectivity index (χ2v) is 23.0. The van der Waals surface area contributed by atoms with Crippen molar-refractivity contribution in [3.63, 3.8) is 0 Å². The van der Waals surface area contributed by atoms with Gasteiger partial charge in [0, 0.05) is 52.5 Å². The van der Waals surface area contributed by atoms with Crippen LogP contribution in [-0.2, 0) is 28.6 Å². The first kappa shape index (κ1) is 49.1. The number of piperidine rings is 3. The molecular weight excluding hydrogens is 823 g/mol. The van der Waals surface area contributed by atoms with Crippen molar-refractivity contribution in [2.75, 3.05) is 0 Å². The van der Waals surface area contributed by atoms with Crippen LogP contribution >= 0.6 is 0 Å². The molecule has 4 fully saturated rings. The van der Waals surface area contributed by atoms with Gasteiger partial charge in [-0.25, -0.2) is 0 Å². The van der Waals surface area contributed by atoms with E-state index in [1.165, 1.54) is 0 Å². The van der Waals surface area contributed by atoms with Crippen molar-refractivity contribution in [3.8, 4) is 0 Å². The normalized spacial score (nSPS) is 30.3. The van der Waals surface area contributed by atoms with Gasteiger partial charge in [0.05, 0.1) is 17.8 Å². The van der Waals surface area contributed by atoms with Crippen molar-refractivity contribution in [3.05, 3.63) is 124 Å². The van der Waals surface area contributed by atoms with Gasteiger partial charge < -0.3 is 30.2 Å². The highest BCUT2D eigenvalue weighted by molar-refractivity contribution is 5.85. The van der Waals surface area contributed by atoms with Gasteiger partial charge in [-0.1, -0.05) is 109 Å². The van der Waals surface area contributed by atoms with E-state index in [0.717, 1.165) is 33.4 Å². The van der Waals surface area contributed by atoms with Crippen LogP contribution in [0, 0.1) is 17.8 Å². The molecule has 0 aromatic heterocycles. The summed E-state index contributed by atoms with van der Waals surface area (Å²) in [6.07, 6.45) is 7.14. The fourth-order valence-electron chi connectivity index (χ4n) is 11.8. The van der Waals surface area contributed by atoms with Gasteiger partial charge in [-0.2, -0.15) is 0 Å². The summed E-state index contributed by atoms with van der Waals surface area (Å²) in [6, 6.07) is 30.2. The molecule has 3 saturated heterocycles. The van der Waals surface area contributed by atoms with Gasteiger partial charge in [0.2, 0.25) is 0 Å². The van der Waals surface area contributed by atoms with Crippen LogP contribution < -0.4 is 16.0 Å². The van der Waals surface area contributed by atoms with E-state index in [4.69, 9.17) is 14.2 Å². The minimum absolute atomic E-state index is 0.109. The number of esters is 3. The monoisotopic (exact) mass is 898 g/mol. The minimum atomic E-state index is -0.938. The molecule has 354 valence electrons. The van der Waals surface area contributed by atoms with Gasteiger partial charge in [-0.15, -0.1) is 0 Å². The van der Waals surface area contributed by atoms with Gasteiger partial charge in [-0.05, 0) is 136 Å². The summed E-state index contributed by atoms with van der Waals surface area (Å²) in [6.45, 7) is 25.5. The van der Waals surface area contributed by atoms with E-state index in [2.05, 4.69) is 129 Å². The molecule has 3 heterocycles. The molecule has 0 amide bonds. The Hall–Kier alpha value is -4.83. The predicted molar refractivity (Wildman–Crippen MR) is 265 cm³/mol. The van der Waals surface area contributed by atoms with Crippen LogP contribution in [0.4, 0.5) is 0 Å². The van der Waals surface area contributed by atoms with Crippen molar-refractivity contribution < 1.29 is 28.6 Å². The van der Waals surface area contributed by atoms with Crippen molar-refractivity contribution in [1.29, 1.82) is 0 Å². The highest BCUT2D eigenvalue weighted by atomic mass is 16.6. The first-order chi connectivity index (χ1) is 30.8. The van der Waals surface area contributed by atoms with Crippen molar-refractivity contribution >= 4 is 36.1 Å². The first-order valence-electron chi connectivity index (χ1n) is 24.1. The lowest BCUT2D eigenvalue weighted by Crippen LogP contribution is -2.62. The van der Waals surface area contributed by atoms with Crippen LogP contribution in [0.15, 0.2) is 108 Å². The molecule has 4 aliphatic rings. The van der Waals surface area contributed by atoms with Gasteiger partial charge in [0.25, 0.3) is 0 Å². The number of nitrogens with one attached hydrogen (secondary N) is 3. The second kappa shape index (κ2) is 18.7. The minimum Gasteiger partial charge on any atom is -0.457 e. The van der Waals surface area contributed by atoms with E-state index in [-0.39, 0.29) is 35.4 Å². The predicted octanol–water partition coefficient (Wildman–Crippen LogP) is 10.7. The summed E-state index contributed by atoms with van der Waals surface area (Å²) in [5.41, 5.74) is 3.42. The highest BCUT2D eigenvalue weighted by Gasteiger charge is 2.51. The second-order valence-electron chi connectivity index (χ2n) is 23.0. The lowest BCUT2D eigenvalue weighted by atomic mass is 9.72. The van der Waals surface area contributed by atoms with Crippen LogP contribution in [0.5, 0.6) is 0 Å². The van der Waals surface area contributed by atoms with Gasteiger partial charge in [0.1, 0.15) is 18.3 Å². The molecule has 9 heteroatoms. The van der Waals surface area contributed by atoms with Crippen LogP contribution in [0.25, 0.3) is 18.2 Å². The molecule has 3 aromatic carbocycles. The van der Waals surface area contributed by atoms with E-state index < -0.39 is 64.6 Å². The Morgan fingerprint density at radius 2 is 0.742 bits per heavy atom. The third kappa shape index (κ3) is 11.6. The molecule has 7 rings (SSSR count). The number of benzene rings is 3. The smallest absolute Gasteiger partial charge is 0.310 e. The van der Waals surface area contributed by atoms with Gasteiger partial charge >= 0.3 is 17.9 Å². The Morgan fingerprint density at radius 1 is 0.439 bits per heavy atom. The SMILES string of the molecule is CC1(C)CC(OC(=O)C2CCC(C(=O)OC3CC(C)(C)NC(C)(C)C3=Cc3ccccc3)C(C(=O)OC3CC(C)(C)NC(C)(C)C3=Cc3ccccc3)C2)C(=Cc2ccccc2)C(C)(C)N1. The van der Waals surface area contributed by atoms with E-state index in [0.29, 0.717) is 25.7 Å². The molecule has 3 N–H and O–H groups in total. The maximum absolute atomic E-state index is 15.1. The van der Waals surface area contributed by atoms with Gasteiger partial charge in [-0.3, -0.25) is 14.4 Å². The van der Waals surface area contributed by atoms with E-state index in [1.807, 2.05) is 78.9 Å². The summed E-state index contributed by atoms with van der Waals surface area (Å²) < 4.78 is 19.9. The van der Waals surface area contributed by atoms with Crippen molar-refractivity contribution in [2.45, 2.75) is 173 Å². The molecule has 6 unspecified atom stereocenters. The van der Waals surface area contributed by atoms with E-state index >= 15 is 4.79 Å². The zero-order chi connectivity index (χ0) is 47.9. The zero-order valence-corrected chi connectivity index (χ0v) is 41.5. The van der Waals surface area contributed by atoms with Crippen LogP contribution in [0.3, 0.4) is 0 Å². The summed E-state index contributed by atoms with van der Waals surface area (Å²) in [7, 11) is 0. The molecule has 6 atom stereocenters. The summed E-state index contributed by atoms with van der Waals surface area (Å²) >= 11 is 0. The quantitative estimate of drug-likeness (QED) is 0.143. The number of ether oxygens (including phenoxy) is 3. The molecule has 0 spiro atoms. The highest BCUT2D eigenvalue weighted by Crippen LogP contribution is 2.44. The van der Waals surface area contributed by atoms with Crippen molar-refractivity contribution in [2.24, 2.45) is 17.8 Å². The fourth-order valence-corrected chi connectivity index (χ4v) is 11.8. The molecule has 1 saturated carbocycles. The fraction of sp³-hybridized carbons (Fsp3) is 0.526. The average molecular weight is 898 g/mol. The topological polar surface area (TPSA) is 115 Å². The summed E-state index contributed by atoms with van der Waals surface area (Å²) in [5.74, 6) is -3.69. The zero-order valence-electron chi connectivity index (χ0n) is 41.5. The maximum atomic E-state index is 15.1.